The Morgan fingerprint density at radius 3 is 2.55 bits per heavy atom. The van der Waals surface area contributed by atoms with Crippen LogP contribution in [0.5, 0.6) is 11.5 Å². The molecule has 2 N–H and O–H groups in total. The molecular formula is C21H26ClNO6S2. The molecule has 0 aromatic heterocycles. The number of thioether (sulfide) groups is 1. The van der Waals surface area contributed by atoms with Gasteiger partial charge in [-0.05, 0) is 61.9 Å². The molecule has 2 aromatic carbocycles. The first-order valence-corrected chi connectivity index (χ1v) is 12.6. The average molecular weight is 488 g/mol. The Bertz CT molecular complexity index is 997. The summed E-state index contributed by atoms with van der Waals surface area (Å²) in [4.78, 5) is 11.8. The number of rotatable bonds is 13. The molecule has 0 saturated heterocycles. The summed E-state index contributed by atoms with van der Waals surface area (Å²) in [5.41, 5.74) is 0.878. The zero-order chi connectivity index (χ0) is 22.9. The van der Waals surface area contributed by atoms with Crippen LogP contribution in [0.3, 0.4) is 0 Å². The molecule has 2 rings (SSSR count). The molecule has 0 unspecified atom stereocenters. The van der Waals surface area contributed by atoms with E-state index in [1.807, 2.05) is 19.1 Å². The maximum atomic E-state index is 12.4. The fourth-order valence-corrected chi connectivity index (χ4v) is 5.29. The number of methoxy groups -OCH3 is 1. The van der Waals surface area contributed by atoms with Gasteiger partial charge in [-0.3, -0.25) is 0 Å². The largest absolute Gasteiger partial charge is 0.495 e. The zero-order valence-electron chi connectivity index (χ0n) is 17.4. The monoisotopic (exact) mass is 487 g/mol. The SMILES string of the molecule is COc1ccc(S(=O)(=O)CCCNCCSc2ccc(OCC(=O)O)c(C)c2)cc1Cl. The molecule has 0 amide bonds. The van der Waals surface area contributed by atoms with E-state index in [2.05, 4.69) is 5.32 Å². The summed E-state index contributed by atoms with van der Waals surface area (Å²) in [6.07, 6.45) is 0.491. The molecular weight excluding hydrogens is 462 g/mol. The topological polar surface area (TPSA) is 102 Å². The van der Waals surface area contributed by atoms with Crippen LogP contribution in [0.1, 0.15) is 12.0 Å². The van der Waals surface area contributed by atoms with Crippen LogP contribution in [-0.2, 0) is 14.6 Å². The molecule has 0 aliphatic heterocycles. The highest BCUT2D eigenvalue weighted by Gasteiger charge is 2.16. The minimum Gasteiger partial charge on any atom is -0.495 e. The van der Waals surface area contributed by atoms with Gasteiger partial charge in [0.25, 0.3) is 0 Å². The molecule has 31 heavy (non-hydrogen) atoms. The fourth-order valence-electron chi connectivity index (χ4n) is 2.72. The third-order valence-corrected chi connectivity index (χ3v) is 7.38. The number of carboxylic acids is 1. The summed E-state index contributed by atoms with van der Waals surface area (Å²) in [7, 11) is -1.92. The van der Waals surface area contributed by atoms with Crippen LogP contribution in [0.4, 0.5) is 0 Å². The first kappa shape index (κ1) is 25.3. The highest BCUT2D eigenvalue weighted by Crippen LogP contribution is 2.28. The van der Waals surface area contributed by atoms with Crippen LogP contribution in [0.25, 0.3) is 0 Å². The van der Waals surface area contributed by atoms with E-state index in [0.29, 0.717) is 24.5 Å². The molecule has 0 heterocycles. The molecule has 0 atom stereocenters. The number of carboxylic acid groups (broad SMARTS) is 1. The molecule has 7 nitrogen and oxygen atoms in total. The van der Waals surface area contributed by atoms with Gasteiger partial charge in [0.05, 0.1) is 22.8 Å². The molecule has 0 fully saturated rings. The molecule has 0 aliphatic carbocycles. The van der Waals surface area contributed by atoms with Crippen LogP contribution in [0.15, 0.2) is 46.2 Å². The van der Waals surface area contributed by atoms with Gasteiger partial charge in [-0.2, -0.15) is 0 Å². The van der Waals surface area contributed by atoms with E-state index >= 15 is 0 Å². The first-order valence-electron chi connectivity index (χ1n) is 9.58. The minimum absolute atomic E-state index is 0.0345. The Balaban J connectivity index is 1.69. The second kappa shape index (κ2) is 12.2. The normalized spacial score (nSPS) is 11.3. The van der Waals surface area contributed by atoms with Crippen molar-refractivity contribution < 1.29 is 27.8 Å². The van der Waals surface area contributed by atoms with Crippen LogP contribution in [0.2, 0.25) is 5.02 Å². The van der Waals surface area contributed by atoms with Gasteiger partial charge < -0.3 is 19.9 Å². The van der Waals surface area contributed by atoms with Crippen molar-refractivity contribution in [3.8, 4) is 11.5 Å². The second-order valence-corrected chi connectivity index (χ2v) is 10.4. The van der Waals surface area contributed by atoms with E-state index in [4.69, 9.17) is 26.2 Å². The predicted octanol–water partition coefficient (Wildman–Crippen LogP) is 3.67. The van der Waals surface area contributed by atoms with Crippen LogP contribution in [-0.4, -0.2) is 57.8 Å². The fraction of sp³-hybridized carbons (Fsp3) is 0.381. The van der Waals surface area contributed by atoms with Crippen molar-refractivity contribution in [2.75, 3.05) is 38.3 Å². The molecule has 10 heteroatoms. The van der Waals surface area contributed by atoms with Gasteiger partial charge >= 0.3 is 5.97 Å². The molecule has 0 radical (unpaired) electrons. The molecule has 0 aliphatic rings. The molecule has 170 valence electrons. The van der Waals surface area contributed by atoms with Crippen molar-refractivity contribution in [1.29, 1.82) is 0 Å². The number of ether oxygens (including phenoxy) is 2. The van der Waals surface area contributed by atoms with Crippen molar-refractivity contribution >= 4 is 39.2 Å². The quantitative estimate of drug-likeness (QED) is 0.326. The standard InChI is InChI=1S/C21H26ClNO6S2/c1-15-12-16(4-6-19(15)29-14-21(24)25)30-10-9-23-8-3-11-31(26,27)17-5-7-20(28-2)18(22)13-17/h4-7,12-13,23H,3,8-11,14H2,1-2H3,(H,24,25). The number of nitrogens with one attached hydrogen (secondary N) is 1. The van der Waals surface area contributed by atoms with Crippen LogP contribution >= 0.6 is 23.4 Å². The highest BCUT2D eigenvalue weighted by molar-refractivity contribution is 7.99. The van der Waals surface area contributed by atoms with Crippen molar-refractivity contribution in [2.24, 2.45) is 0 Å². The van der Waals surface area contributed by atoms with Gasteiger partial charge in [-0.25, -0.2) is 13.2 Å². The summed E-state index contributed by atoms with van der Waals surface area (Å²) in [5.74, 6) is 0.841. The van der Waals surface area contributed by atoms with E-state index in [0.717, 1.165) is 22.8 Å². The Morgan fingerprint density at radius 1 is 1.16 bits per heavy atom. The number of aliphatic carboxylic acids is 1. The number of hydrogen-bond donors (Lipinski definition) is 2. The maximum absolute atomic E-state index is 12.4. The number of benzene rings is 2. The van der Waals surface area contributed by atoms with Crippen LogP contribution < -0.4 is 14.8 Å². The zero-order valence-corrected chi connectivity index (χ0v) is 19.8. The van der Waals surface area contributed by atoms with E-state index in [1.165, 1.54) is 19.2 Å². The van der Waals surface area contributed by atoms with Gasteiger partial charge in [0.1, 0.15) is 11.5 Å². The molecule has 0 bridgehead atoms. The lowest BCUT2D eigenvalue weighted by atomic mass is 10.2. The van der Waals surface area contributed by atoms with E-state index < -0.39 is 15.8 Å². The Hall–Kier alpha value is -1.94. The second-order valence-electron chi connectivity index (χ2n) is 6.68. The van der Waals surface area contributed by atoms with Gasteiger partial charge in [-0.15, -0.1) is 11.8 Å². The van der Waals surface area contributed by atoms with E-state index in [1.54, 1.807) is 23.9 Å². The molecule has 2 aromatic rings. The predicted molar refractivity (Wildman–Crippen MR) is 123 cm³/mol. The summed E-state index contributed by atoms with van der Waals surface area (Å²) < 4.78 is 35.1. The van der Waals surface area contributed by atoms with Crippen molar-refractivity contribution in [2.45, 2.75) is 23.1 Å². The van der Waals surface area contributed by atoms with Gasteiger partial charge in [0.2, 0.25) is 0 Å². The Morgan fingerprint density at radius 2 is 1.90 bits per heavy atom. The highest BCUT2D eigenvalue weighted by atomic mass is 35.5. The van der Waals surface area contributed by atoms with Gasteiger partial charge in [0, 0.05) is 17.2 Å². The lowest BCUT2D eigenvalue weighted by molar-refractivity contribution is -0.139. The van der Waals surface area contributed by atoms with E-state index in [-0.39, 0.29) is 22.3 Å². The number of halogens is 1. The number of sulfone groups is 1. The maximum Gasteiger partial charge on any atom is 0.341 e. The smallest absolute Gasteiger partial charge is 0.341 e. The van der Waals surface area contributed by atoms with E-state index in [9.17, 15) is 13.2 Å². The average Bonchev–Trinajstić information content (AvgIpc) is 2.72. The number of hydrogen-bond acceptors (Lipinski definition) is 7. The molecule has 0 saturated carbocycles. The van der Waals surface area contributed by atoms with Crippen molar-refractivity contribution in [1.82, 2.24) is 5.32 Å². The molecule has 0 spiro atoms. The van der Waals surface area contributed by atoms with Crippen molar-refractivity contribution in [3.63, 3.8) is 0 Å². The van der Waals surface area contributed by atoms with Crippen molar-refractivity contribution in [3.05, 3.63) is 47.0 Å². The summed E-state index contributed by atoms with van der Waals surface area (Å²) in [6, 6.07) is 10.1. The summed E-state index contributed by atoms with van der Waals surface area (Å²) >= 11 is 7.67. The Labute approximate surface area is 192 Å². The number of aryl methyl sites for hydroxylation is 1. The van der Waals surface area contributed by atoms with Gasteiger partial charge in [0.15, 0.2) is 16.4 Å². The first-order chi connectivity index (χ1) is 14.7. The minimum atomic E-state index is -3.40. The Kier molecular flexibility index (Phi) is 9.95. The third kappa shape index (κ3) is 8.25. The summed E-state index contributed by atoms with van der Waals surface area (Å²) in [5, 5.41) is 12.2. The number of carbonyl (C=O) groups is 1. The lowest BCUT2D eigenvalue weighted by Crippen LogP contribution is -2.21. The van der Waals surface area contributed by atoms with Crippen LogP contribution in [0, 0.1) is 6.92 Å². The van der Waals surface area contributed by atoms with Gasteiger partial charge in [-0.1, -0.05) is 11.6 Å². The summed E-state index contributed by atoms with van der Waals surface area (Å²) in [6.45, 7) is 2.83. The third-order valence-electron chi connectivity index (χ3n) is 4.29. The lowest BCUT2D eigenvalue weighted by Gasteiger charge is -2.10.